The lowest BCUT2D eigenvalue weighted by molar-refractivity contribution is 0.0657. The average Bonchev–Trinajstić information content (AvgIpc) is 1.80. The summed E-state index contributed by atoms with van der Waals surface area (Å²) in [5.41, 5.74) is 5.61. The van der Waals surface area contributed by atoms with Crippen LogP contribution < -0.4 is 5.73 Å². The van der Waals surface area contributed by atoms with E-state index in [0.717, 1.165) is 12.8 Å². The summed E-state index contributed by atoms with van der Waals surface area (Å²) in [4.78, 5) is 0. The highest BCUT2D eigenvalue weighted by Crippen LogP contribution is 2.17. The maximum Gasteiger partial charge on any atom is 0.0592 e. The van der Waals surface area contributed by atoms with Gasteiger partial charge in [-0.25, -0.2) is 0 Å². The minimum absolute atomic E-state index is 0.307. The molecular weight excluding hydrogens is 138 g/mol. The summed E-state index contributed by atoms with van der Waals surface area (Å²) in [7, 11) is 0. The highest BCUT2D eigenvalue weighted by Gasteiger charge is 2.14. The Morgan fingerprint density at radius 1 is 1.64 bits per heavy atom. The Balaban J connectivity index is 3.63. The maximum absolute atomic E-state index is 9.38. The van der Waals surface area contributed by atoms with Crippen LogP contribution in [0.4, 0.5) is 0 Å². The second-order valence-corrected chi connectivity index (χ2v) is 3.83. The minimum Gasteiger partial charge on any atom is -0.402 e. The summed E-state index contributed by atoms with van der Waals surface area (Å²) in [5.74, 6) is 0.307. The molecule has 0 aromatic carbocycles. The van der Waals surface area contributed by atoms with Gasteiger partial charge in [-0.05, 0) is 32.6 Å². The predicted octanol–water partition coefficient (Wildman–Crippen LogP) is 1.65. The SMILES string of the molecule is C=C(N)C(C)CCC(C)(C)O. The molecule has 3 N–H and O–H groups in total. The van der Waals surface area contributed by atoms with E-state index in [1.807, 2.05) is 6.92 Å². The first-order valence-corrected chi connectivity index (χ1v) is 3.99. The lowest BCUT2D eigenvalue weighted by Crippen LogP contribution is -2.20. The van der Waals surface area contributed by atoms with Crippen LogP contribution in [-0.2, 0) is 0 Å². The van der Waals surface area contributed by atoms with Crippen LogP contribution in [-0.4, -0.2) is 10.7 Å². The van der Waals surface area contributed by atoms with E-state index in [4.69, 9.17) is 5.73 Å². The Kier molecular flexibility index (Phi) is 3.59. The van der Waals surface area contributed by atoms with Crippen molar-refractivity contribution >= 4 is 0 Å². The summed E-state index contributed by atoms with van der Waals surface area (Å²) >= 11 is 0. The molecule has 11 heavy (non-hydrogen) atoms. The van der Waals surface area contributed by atoms with Crippen LogP contribution in [0.1, 0.15) is 33.6 Å². The lowest BCUT2D eigenvalue weighted by atomic mass is 9.95. The van der Waals surface area contributed by atoms with Crippen molar-refractivity contribution in [2.75, 3.05) is 0 Å². The zero-order valence-electron chi connectivity index (χ0n) is 7.72. The van der Waals surface area contributed by atoms with Crippen LogP contribution in [0.2, 0.25) is 0 Å². The van der Waals surface area contributed by atoms with Gasteiger partial charge < -0.3 is 10.8 Å². The molecule has 0 aliphatic carbocycles. The van der Waals surface area contributed by atoms with Crippen molar-refractivity contribution in [3.63, 3.8) is 0 Å². The summed E-state index contributed by atoms with van der Waals surface area (Å²) in [6, 6.07) is 0. The monoisotopic (exact) mass is 157 g/mol. The second kappa shape index (κ2) is 3.77. The predicted molar refractivity (Wildman–Crippen MR) is 48.0 cm³/mol. The first kappa shape index (κ1) is 10.5. The van der Waals surface area contributed by atoms with Crippen molar-refractivity contribution in [1.82, 2.24) is 0 Å². The number of hydrogen-bond acceptors (Lipinski definition) is 2. The van der Waals surface area contributed by atoms with E-state index in [2.05, 4.69) is 6.58 Å². The van der Waals surface area contributed by atoms with Crippen LogP contribution in [0, 0.1) is 5.92 Å². The fourth-order valence-corrected chi connectivity index (χ4v) is 0.755. The molecule has 0 aromatic rings. The summed E-state index contributed by atoms with van der Waals surface area (Å²) in [5, 5.41) is 9.38. The van der Waals surface area contributed by atoms with Gasteiger partial charge in [-0.3, -0.25) is 0 Å². The maximum atomic E-state index is 9.38. The molecule has 1 unspecified atom stereocenters. The van der Waals surface area contributed by atoms with E-state index < -0.39 is 5.60 Å². The summed E-state index contributed by atoms with van der Waals surface area (Å²) in [6.45, 7) is 9.28. The van der Waals surface area contributed by atoms with Crippen LogP contribution in [0.15, 0.2) is 12.3 Å². The Labute approximate surface area is 69.1 Å². The molecule has 66 valence electrons. The molecule has 0 aliphatic rings. The molecule has 1 atom stereocenters. The fraction of sp³-hybridized carbons (Fsp3) is 0.778. The van der Waals surface area contributed by atoms with Gasteiger partial charge in [0.1, 0.15) is 0 Å². The molecule has 0 amide bonds. The Morgan fingerprint density at radius 2 is 2.09 bits per heavy atom. The second-order valence-electron chi connectivity index (χ2n) is 3.83. The number of allylic oxidation sites excluding steroid dienone is 1. The highest BCUT2D eigenvalue weighted by atomic mass is 16.3. The first-order chi connectivity index (χ1) is 4.83. The van der Waals surface area contributed by atoms with Gasteiger partial charge in [0.25, 0.3) is 0 Å². The van der Waals surface area contributed by atoms with Crippen molar-refractivity contribution in [2.24, 2.45) is 11.7 Å². The average molecular weight is 157 g/mol. The standard InChI is InChI=1S/C9H19NO/c1-7(8(2)10)5-6-9(3,4)11/h7,11H,2,5-6,10H2,1,3-4H3. The molecule has 0 spiro atoms. The minimum atomic E-state index is -0.580. The summed E-state index contributed by atoms with van der Waals surface area (Å²) in [6.07, 6.45) is 1.67. The van der Waals surface area contributed by atoms with Gasteiger partial charge in [0, 0.05) is 5.70 Å². The van der Waals surface area contributed by atoms with Crippen molar-refractivity contribution in [1.29, 1.82) is 0 Å². The molecule has 0 fully saturated rings. The number of rotatable bonds is 4. The van der Waals surface area contributed by atoms with E-state index in [9.17, 15) is 5.11 Å². The fourth-order valence-electron chi connectivity index (χ4n) is 0.755. The number of nitrogens with two attached hydrogens (primary N) is 1. The molecule has 0 heterocycles. The quantitative estimate of drug-likeness (QED) is 0.651. The van der Waals surface area contributed by atoms with Gasteiger partial charge in [-0.1, -0.05) is 13.5 Å². The zero-order chi connectivity index (χ0) is 9.07. The molecule has 0 aliphatic heterocycles. The first-order valence-electron chi connectivity index (χ1n) is 3.99. The van der Waals surface area contributed by atoms with E-state index >= 15 is 0 Å². The molecule has 0 saturated carbocycles. The Morgan fingerprint density at radius 3 is 2.36 bits per heavy atom. The molecule has 2 nitrogen and oxygen atoms in total. The Bertz CT molecular complexity index is 135. The van der Waals surface area contributed by atoms with Gasteiger partial charge in [0.05, 0.1) is 5.60 Å². The third-order valence-corrected chi connectivity index (χ3v) is 1.82. The van der Waals surface area contributed by atoms with Crippen molar-refractivity contribution in [3.8, 4) is 0 Å². The third-order valence-electron chi connectivity index (χ3n) is 1.82. The molecule has 0 bridgehead atoms. The van der Waals surface area contributed by atoms with Crippen LogP contribution in [0.25, 0.3) is 0 Å². The Hall–Kier alpha value is -0.500. The van der Waals surface area contributed by atoms with Crippen LogP contribution in [0.3, 0.4) is 0 Å². The van der Waals surface area contributed by atoms with E-state index in [0.29, 0.717) is 11.6 Å². The van der Waals surface area contributed by atoms with E-state index in [1.54, 1.807) is 13.8 Å². The normalized spacial score (nSPS) is 14.5. The van der Waals surface area contributed by atoms with Crippen LogP contribution >= 0.6 is 0 Å². The van der Waals surface area contributed by atoms with E-state index in [1.165, 1.54) is 0 Å². The molecular formula is C9H19NO. The lowest BCUT2D eigenvalue weighted by Gasteiger charge is -2.19. The highest BCUT2D eigenvalue weighted by molar-refractivity contribution is 4.92. The number of aliphatic hydroxyl groups is 1. The van der Waals surface area contributed by atoms with Crippen molar-refractivity contribution in [2.45, 2.75) is 39.2 Å². The third kappa shape index (κ3) is 5.92. The molecule has 0 rings (SSSR count). The number of hydrogen-bond donors (Lipinski definition) is 2. The van der Waals surface area contributed by atoms with Crippen LogP contribution in [0.5, 0.6) is 0 Å². The van der Waals surface area contributed by atoms with E-state index in [-0.39, 0.29) is 0 Å². The van der Waals surface area contributed by atoms with Gasteiger partial charge in [0.15, 0.2) is 0 Å². The molecule has 0 saturated heterocycles. The van der Waals surface area contributed by atoms with Gasteiger partial charge in [-0.2, -0.15) is 0 Å². The van der Waals surface area contributed by atoms with Gasteiger partial charge in [0.2, 0.25) is 0 Å². The summed E-state index contributed by atoms with van der Waals surface area (Å²) < 4.78 is 0. The zero-order valence-corrected chi connectivity index (χ0v) is 7.72. The smallest absolute Gasteiger partial charge is 0.0592 e. The van der Waals surface area contributed by atoms with Gasteiger partial charge >= 0.3 is 0 Å². The largest absolute Gasteiger partial charge is 0.402 e. The molecule has 2 heteroatoms. The molecule has 0 aromatic heterocycles. The molecule has 0 radical (unpaired) electrons. The topological polar surface area (TPSA) is 46.2 Å². The van der Waals surface area contributed by atoms with Gasteiger partial charge in [-0.15, -0.1) is 0 Å². The van der Waals surface area contributed by atoms with Crippen molar-refractivity contribution < 1.29 is 5.11 Å². The van der Waals surface area contributed by atoms with Crippen molar-refractivity contribution in [3.05, 3.63) is 12.3 Å².